The number of aromatic nitrogens is 3. The maximum Gasteiger partial charge on any atom is 0.234 e. The molecule has 1 heterocycles. The van der Waals surface area contributed by atoms with Gasteiger partial charge in [0.25, 0.3) is 0 Å². The van der Waals surface area contributed by atoms with Crippen LogP contribution in [-0.4, -0.2) is 26.4 Å². The van der Waals surface area contributed by atoms with Gasteiger partial charge in [0.1, 0.15) is 12.4 Å². The summed E-state index contributed by atoms with van der Waals surface area (Å²) in [5.41, 5.74) is 3.04. The molecule has 7 heteroatoms. The molecule has 4 aromatic rings. The largest absolute Gasteiger partial charge is 0.485 e. The maximum atomic E-state index is 12.5. The van der Waals surface area contributed by atoms with Gasteiger partial charge in [-0.1, -0.05) is 65.9 Å². The van der Waals surface area contributed by atoms with Crippen molar-refractivity contribution in [1.29, 1.82) is 0 Å². The molecule has 33 heavy (non-hydrogen) atoms. The van der Waals surface area contributed by atoms with Crippen LogP contribution in [0.25, 0.3) is 10.8 Å². The molecule has 0 aliphatic rings. The second-order valence-corrected chi connectivity index (χ2v) is 8.70. The van der Waals surface area contributed by atoms with E-state index in [1.54, 1.807) is 6.08 Å². The first-order valence-electron chi connectivity index (χ1n) is 10.7. The number of thioether (sulfide) groups is 1. The summed E-state index contributed by atoms with van der Waals surface area (Å²) in [6, 6.07) is 20.0. The molecular formula is C26H26N4O2S. The van der Waals surface area contributed by atoms with Crippen LogP contribution in [-0.2, 0) is 17.9 Å². The summed E-state index contributed by atoms with van der Waals surface area (Å²) in [7, 11) is 0. The number of carbonyl (C=O) groups excluding carboxylic acids is 1. The number of aryl methyl sites for hydroxylation is 2. The van der Waals surface area contributed by atoms with Gasteiger partial charge in [0, 0.05) is 12.2 Å². The lowest BCUT2D eigenvalue weighted by Crippen LogP contribution is -2.15. The smallest absolute Gasteiger partial charge is 0.234 e. The van der Waals surface area contributed by atoms with Crippen molar-refractivity contribution in [3.63, 3.8) is 0 Å². The van der Waals surface area contributed by atoms with Gasteiger partial charge in [-0.25, -0.2) is 0 Å². The molecule has 3 aromatic carbocycles. The van der Waals surface area contributed by atoms with Crippen molar-refractivity contribution < 1.29 is 9.53 Å². The van der Waals surface area contributed by atoms with E-state index in [1.165, 1.54) is 17.3 Å². The van der Waals surface area contributed by atoms with Gasteiger partial charge in [0.05, 0.1) is 5.75 Å². The van der Waals surface area contributed by atoms with E-state index in [1.807, 2.05) is 66.1 Å². The summed E-state index contributed by atoms with van der Waals surface area (Å²) >= 11 is 1.34. The molecule has 168 valence electrons. The first-order valence-corrected chi connectivity index (χ1v) is 11.7. The van der Waals surface area contributed by atoms with E-state index in [0.717, 1.165) is 27.8 Å². The van der Waals surface area contributed by atoms with Crippen molar-refractivity contribution in [2.24, 2.45) is 0 Å². The molecule has 0 radical (unpaired) electrons. The predicted octanol–water partition coefficient (Wildman–Crippen LogP) is 5.54. The molecule has 0 saturated carbocycles. The molecule has 4 rings (SSSR count). The van der Waals surface area contributed by atoms with E-state index in [4.69, 9.17) is 4.74 Å². The lowest BCUT2D eigenvalue weighted by molar-refractivity contribution is -0.113. The average molecular weight is 459 g/mol. The highest BCUT2D eigenvalue weighted by molar-refractivity contribution is 7.99. The molecule has 6 nitrogen and oxygen atoms in total. The van der Waals surface area contributed by atoms with Gasteiger partial charge < -0.3 is 10.1 Å². The second-order valence-electron chi connectivity index (χ2n) is 7.75. The summed E-state index contributed by atoms with van der Waals surface area (Å²) in [4.78, 5) is 12.5. The van der Waals surface area contributed by atoms with Crippen molar-refractivity contribution >= 4 is 34.1 Å². The van der Waals surface area contributed by atoms with Crippen LogP contribution in [0.3, 0.4) is 0 Å². The molecule has 0 unspecified atom stereocenters. The lowest BCUT2D eigenvalue weighted by atomic mass is 10.1. The normalized spacial score (nSPS) is 10.8. The fourth-order valence-electron chi connectivity index (χ4n) is 3.54. The number of nitrogens with one attached hydrogen (secondary N) is 1. The standard InChI is InChI=1S/C26H26N4O2S/c1-4-13-30-24(16-32-23-12-9-18(2)14-19(23)3)28-29-26(30)33-17-25(31)27-22-11-10-20-7-5-6-8-21(20)15-22/h4-12,14-15H,1,13,16-17H2,2-3H3,(H,27,31). The Bertz CT molecular complexity index is 1300. The van der Waals surface area contributed by atoms with Gasteiger partial charge in [-0.15, -0.1) is 16.8 Å². The third-order valence-corrected chi connectivity index (χ3v) is 6.12. The fourth-order valence-corrected chi connectivity index (χ4v) is 4.31. The predicted molar refractivity (Wildman–Crippen MR) is 134 cm³/mol. The second kappa shape index (κ2) is 10.4. The molecule has 1 N–H and O–H groups in total. The van der Waals surface area contributed by atoms with Crippen LogP contribution in [0.15, 0.2) is 78.5 Å². The number of fused-ring (bicyclic) bond motifs is 1. The molecule has 0 fully saturated rings. The lowest BCUT2D eigenvalue weighted by Gasteiger charge is -2.11. The first-order chi connectivity index (χ1) is 16.0. The number of hydrogen-bond donors (Lipinski definition) is 1. The van der Waals surface area contributed by atoms with Crippen LogP contribution in [0.2, 0.25) is 0 Å². The number of carbonyl (C=O) groups is 1. The number of allylic oxidation sites excluding steroid dienone is 1. The summed E-state index contributed by atoms with van der Waals surface area (Å²) < 4.78 is 7.89. The van der Waals surface area contributed by atoms with Gasteiger partial charge in [-0.05, 0) is 48.4 Å². The molecule has 0 aliphatic carbocycles. The fraction of sp³-hybridized carbons (Fsp3) is 0.192. The maximum absolute atomic E-state index is 12.5. The molecular weight excluding hydrogens is 432 g/mol. The molecule has 0 spiro atoms. The zero-order valence-corrected chi connectivity index (χ0v) is 19.6. The van der Waals surface area contributed by atoms with Crippen LogP contribution in [0.1, 0.15) is 17.0 Å². The summed E-state index contributed by atoms with van der Waals surface area (Å²) in [5, 5.41) is 14.4. The minimum atomic E-state index is -0.100. The SMILES string of the molecule is C=CCn1c(COc2ccc(C)cc2C)nnc1SCC(=O)Nc1ccc2ccccc2c1. The minimum Gasteiger partial charge on any atom is -0.485 e. The Labute approximate surface area is 197 Å². The quantitative estimate of drug-likeness (QED) is 0.263. The number of hydrogen-bond acceptors (Lipinski definition) is 5. The zero-order valence-electron chi connectivity index (χ0n) is 18.7. The van der Waals surface area contributed by atoms with Gasteiger partial charge in [-0.3, -0.25) is 9.36 Å². The van der Waals surface area contributed by atoms with Crippen molar-refractivity contribution in [3.8, 4) is 5.75 Å². The monoisotopic (exact) mass is 458 g/mol. The summed E-state index contributed by atoms with van der Waals surface area (Å²) in [6.07, 6.45) is 1.78. The van der Waals surface area contributed by atoms with E-state index in [0.29, 0.717) is 17.5 Å². The third-order valence-electron chi connectivity index (χ3n) is 5.16. The van der Waals surface area contributed by atoms with Crippen LogP contribution in [0, 0.1) is 13.8 Å². The van der Waals surface area contributed by atoms with E-state index in [-0.39, 0.29) is 18.3 Å². The van der Waals surface area contributed by atoms with E-state index < -0.39 is 0 Å². The van der Waals surface area contributed by atoms with Gasteiger partial charge >= 0.3 is 0 Å². The highest BCUT2D eigenvalue weighted by Gasteiger charge is 2.15. The van der Waals surface area contributed by atoms with E-state index >= 15 is 0 Å². The number of nitrogens with zero attached hydrogens (tertiary/aromatic N) is 3. The van der Waals surface area contributed by atoms with Crippen LogP contribution in [0.5, 0.6) is 5.75 Å². The third kappa shape index (κ3) is 5.62. The van der Waals surface area contributed by atoms with Crippen molar-refractivity contribution in [2.45, 2.75) is 32.2 Å². The minimum absolute atomic E-state index is 0.100. The highest BCUT2D eigenvalue weighted by atomic mass is 32.2. The van der Waals surface area contributed by atoms with Crippen LogP contribution >= 0.6 is 11.8 Å². The first kappa shape index (κ1) is 22.6. The topological polar surface area (TPSA) is 69.0 Å². The summed E-state index contributed by atoms with van der Waals surface area (Å²) in [5.74, 6) is 1.63. The van der Waals surface area contributed by atoms with Crippen molar-refractivity contribution in [1.82, 2.24) is 14.8 Å². The van der Waals surface area contributed by atoms with Crippen molar-refractivity contribution in [3.05, 3.63) is 90.3 Å². The Morgan fingerprint density at radius 1 is 1.09 bits per heavy atom. The number of benzene rings is 3. The Hall–Kier alpha value is -3.58. The number of ether oxygens (including phenoxy) is 1. The van der Waals surface area contributed by atoms with Crippen LogP contribution in [0.4, 0.5) is 5.69 Å². The highest BCUT2D eigenvalue weighted by Crippen LogP contribution is 2.23. The van der Waals surface area contributed by atoms with Crippen molar-refractivity contribution in [2.75, 3.05) is 11.1 Å². The summed E-state index contributed by atoms with van der Waals surface area (Å²) in [6.45, 7) is 8.72. The van der Waals surface area contributed by atoms with E-state index in [2.05, 4.69) is 35.1 Å². The Balaban J connectivity index is 1.39. The molecule has 0 atom stereocenters. The Morgan fingerprint density at radius 2 is 1.91 bits per heavy atom. The van der Waals surface area contributed by atoms with Gasteiger partial charge in [-0.2, -0.15) is 0 Å². The molecule has 1 amide bonds. The zero-order chi connectivity index (χ0) is 23.2. The number of rotatable bonds is 9. The molecule has 0 aliphatic heterocycles. The Kier molecular flexibility index (Phi) is 7.10. The van der Waals surface area contributed by atoms with Crippen LogP contribution < -0.4 is 10.1 Å². The number of anilines is 1. The van der Waals surface area contributed by atoms with Gasteiger partial charge in [0.15, 0.2) is 11.0 Å². The Morgan fingerprint density at radius 3 is 2.70 bits per heavy atom. The molecule has 0 bridgehead atoms. The molecule has 0 saturated heterocycles. The van der Waals surface area contributed by atoms with E-state index in [9.17, 15) is 4.79 Å². The molecule has 1 aromatic heterocycles. The number of amides is 1. The average Bonchev–Trinajstić information content (AvgIpc) is 3.19. The van der Waals surface area contributed by atoms with Gasteiger partial charge in [0.2, 0.25) is 5.91 Å².